The molecule has 0 aromatic heterocycles. The number of amides is 2. The molecule has 29 heavy (non-hydrogen) atoms. The van der Waals surface area contributed by atoms with Gasteiger partial charge in [0.15, 0.2) is 12.4 Å². The van der Waals surface area contributed by atoms with Gasteiger partial charge in [-0.2, -0.15) is 0 Å². The van der Waals surface area contributed by atoms with Crippen molar-refractivity contribution in [3.63, 3.8) is 0 Å². The summed E-state index contributed by atoms with van der Waals surface area (Å²) in [6, 6.07) is 12.0. The Morgan fingerprint density at radius 3 is 2.69 bits per heavy atom. The van der Waals surface area contributed by atoms with E-state index in [4.69, 9.17) is 9.47 Å². The van der Waals surface area contributed by atoms with Crippen LogP contribution >= 0.6 is 0 Å². The molecular formula is C22H24N2O5. The number of Topliss-reactive ketones (excluding diaryl/α,β-unsaturated/α-hetero) is 1. The summed E-state index contributed by atoms with van der Waals surface area (Å²) in [6.07, 6.45) is 0.302. The van der Waals surface area contributed by atoms with Gasteiger partial charge in [-0.05, 0) is 44.2 Å². The number of carbonyl (C=O) groups is 3. The molecule has 0 aliphatic carbocycles. The van der Waals surface area contributed by atoms with Gasteiger partial charge >= 0.3 is 0 Å². The monoisotopic (exact) mass is 396 g/mol. The highest BCUT2D eigenvalue weighted by atomic mass is 16.5. The van der Waals surface area contributed by atoms with Crippen molar-refractivity contribution in [2.24, 2.45) is 0 Å². The second-order valence-corrected chi connectivity index (χ2v) is 6.94. The molecule has 7 heteroatoms. The average molecular weight is 396 g/mol. The number of nitrogens with zero attached hydrogens (tertiary/aromatic N) is 1. The number of ether oxygens (including phenoxy) is 2. The van der Waals surface area contributed by atoms with Gasteiger partial charge in [-0.3, -0.25) is 19.3 Å². The molecular weight excluding hydrogens is 372 g/mol. The summed E-state index contributed by atoms with van der Waals surface area (Å²) in [4.78, 5) is 38.5. The van der Waals surface area contributed by atoms with Gasteiger partial charge in [0.1, 0.15) is 18.0 Å². The molecule has 2 aromatic rings. The summed E-state index contributed by atoms with van der Waals surface area (Å²) in [5.41, 5.74) is 1.43. The van der Waals surface area contributed by atoms with Crippen LogP contribution in [-0.4, -0.2) is 36.9 Å². The lowest BCUT2D eigenvalue weighted by molar-refractivity contribution is -0.123. The van der Waals surface area contributed by atoms with Crippen molar-refractivity contribution in [1.82, 2.24) is 0 Å². The van der Waals surface area contributed by atoms with Gasteiger partial charge in [-0.25, -0.2) is 0 Å². The Hall–Kier alpha value is -3.35. The number of rotatable bonds is 7. The number of hydrogen-bond donors (Lipinski definition) is 1. The van der Waals surface area contributed by atoms with Crippen LogP contribution in [0.4, 0.5) is 11.4 Å². The van der Waals surface area contributed by atoms with E-state index < -0.39 is 0 Å². The second-order valence-electron chi connectivity index (χ2n) is 6.94. The van der Waals surface area contributed by atoms with E-state index in [1.807, 2.05) is 19.9 Å². The van der Waals surface area contributed by atoms with Crippen LogP contribution in [0.25, 0.3) is 0 Å². The Labute approximate surface area is 169 Å². The molecule has 1 N–H and O–H groups in total. The number of ketones is 1. The van der Waals surface area contributed by atoms with Crippen LogP contribution in [0.2, 0.25) is 0 Å². The van der Waals surface area contributed by atoms with Crippen molar-refractivity contribution in [3.05, 3.63) is 48.0 Å². The zero-order chi connectivity index (χ0) is 21.0. The van der Waals surface area contributed by atoms with Crippen LogP contribution in [0, 0.1) is 0 Å². The number of para-hydroxylation sites is 2. The highest BCUT2D eigenvalue weighted by molar-refractivity contribution is 6.06. The van der Waals surface area contributed by atoms with Gasteiger partial charge in [0.05, 0.1) is 17.5 Å². The fourth-order valence-electron chi connectivity index (χ4n) is 3.01. The number of hydrogen-bond acceptors (Lipinski definition) is 5. The molecule has 1 aliphatic heterocycles. The van der Waals surface area contributed by atoms with E-state index in [2.05, 4.69) is 5.32 Å². The molecule has 1 heterocycles. The first-order valence-corrected chi connectivity index (χ1v) is 9.55. The Bertz CT molecular complexity index is 939. The molecule has 0 saturated carbocycles. The Morgan fingerprint density at radius 2 is 1.97 bits per heavy atom. The second kappa shape index (κ2) is 8.77. The van der Waals surface area contributed by atoms with Gasteiger partial charge in [0.2, 0.25) is 5.91 Å². The van der Waals surface area contributed by atoms with Crippen LogP contribution in [0.3, 0.4) is 0 Å². The summed E-state index contributed by atoms with van der Waals surface area (Å²) in [7, 11) is 0. The molecule has 0 atom stereocenters. The smallest absolute Gasteiger partial charge is 0.265 e. The maximum absolute atomic E-state index is 12.7. The van der Waals surface area contributed by atoms with Crippen LogP contribution in [-0.2, 0) is 9.59 Å². The fourth-order valence-corrected chi connectivity index (χ4v) is 3.01. The van der Waals surface area contributed by atoms with Gasteiger partial charge in [0.25, 0.3) is 5.91 Å². The quantitative estimate of drug-likeness (QED) is 0.725. The molecule has 7 nitrogen and oxygen atoms in total. The molecule has 0 fully saturated rings. The van der Waals surface area contributed by atoms with Crippen molar-refractivity contribution >= 4 is 29.0 Å². The molecule has 0 radical (unpaired) electrons. The lowest BCUT2D eigenvalue weighted by Crippen LogP contribution is -2.43. The van der Waals surface area contributed by atoms with Crippen LogP contribution in [0.15, 0.2) is 42.5 Å². The number of benzene rings is 2. The van der Waals surface area contributed by atoms with Gasteiger partial charge in [0, 0.05) is 12.0 Å². The summed E-state index contributed by atoms with van der Waals surface area (Å²) in [6.45, 7) is 5.21. The highest BCUT2D eigenvalue weighted by Crippen LogP contribution is 2.33. The minimum absolute atomic E-state index is 0.0460. The highest BCUT2D eigenvalue weighted by Gasteiger charge is 2.28. The fraction of sp³-hybridized carbons (Fsp3) is 0.318. The third-order valence-corrected chi connectivity index (χ3v) is 4.37. The topological polar surface area (TPSA) is 84.9 Å². The minimum atomic E-state index is -0.377. The summed E-state index contributed by atoms with van der Waals surface area (Å²) in [5.74, 6) is 0.252. The molecule has 2 aromatic carbocycles. The van der Waals surface area contributed by atoms with Crippen molar-refractivity contribution in [2.75, 3.05) is 23.4 Å². The van der Waals surface area contributed by atoms with Gasteiger partial charge in [-0.15, -0.1) is 0 Å². The minimum Gasteiger partial charge on any atom is -0.489 e. The summed E-state index contributed by atoms with van der Waals surface area (Å²) in [5, 5.41) is 2.80. The lowest BCUT2D eigenvalue weighted by Gasteiger charge is -2.29. The average Bonchev–Trinajstić information content (AvgIpc) is 2.70. The van der Waals surface area contributed by atoms with E-state index in [0.717, 1.165) is 0 Å². The maximum atomic E-state index is 12.7. The van der Waals surface area contributed by atoms with Gasteiger partial charge < -0.3 is 14.8 Å². The molecule has 1 aliphatic rings. The number of carbonyl (C=O) groups excluding carboxylic acids is 3. The molecule has 0 unspecified atom stereocenters. The molecule has 2 amide bonds. The largest absolute Gasteiger partial charge is 0.489 e. The summed E-state index contributed by atoms with van der Waals surface area (Å²) < 4.78 is 11.2. The van der Waals surface area contributed by atoms with Crippen molar-refractivity contribution < 1.29 is 23.9 Å². The summed E-state index contributed by atoms with van der Waals surface area (Å²) >= 11 is 0. The standard InChI is InChI=1S/C22H24N2O5/c1-4-18(25)15-9-10-20-17(11-15)24(22(27)13-28-20)12-21(26)23-16-7-5-6-8-19(16)29-14(2)3/h5-11,14H,4,12-13H2,1-3H3,(H,23,26). The third-order valence-electron chi connectivity index (χ3n) is 4.37. The SMILES string of the molecule is CCC(=O)c1ccc2c(c1)N(CC(=O)Nc1ccccc1OC(C)C)C(=O)CO2. The van der Waals surface area contributed by atoms with E-state index in [-0.39, 0.29) is 36.9 Å². The predicted molar refractivity (Wildman–Crippen MR) is 110 cm³/mol. The first-order chi connectivity index (χ1) is 13.9. The number of nitrogens with one attached hydrogen (secondary N) is 1. The van der Waals surface area contributed by atoms with Gasteiger partial charge in [-0.1, -0.05) is 19.1 Å². The van der Waals surface area contributed by atoms with E-state index >= 15 is 0 Å². The van der Waals surface area contributed by atoms with Crippen molar-refractivity contribution in [2.45, 2.75) is 33.3 Å². The Kier molecular flexibility index (Phi) is 6.16. The normalized spacial score (nSPS) is 13.0. The lowest BCUT2D eigenvalue weighted by atomic mass is 10.1. The first-order valence-electron chi connectivity index (χ1n) is 9.55. The Balaban J connectivity index is 1.81. The van der Waals surface area contributed by atoms with Crippen molar-refractivity contribution in [3.8, 4) is 11.5 Å². The molecule has 3 rings (SSSR count). The van der Waals surface area contributed by atoms with E-state index in [1.54, 1.807) is 43.3 Å². The van der Waals surface area contributed by atoms with Crippen LogP contribution < -0.4 is 19.7 Å². The first kappa shape index (κ1) is 20.4. The molecule has 0 spiro atoms. The zero-order valence-electron chi connectivity index (χ0n) is 16.7. The number of anilines is 2. The Morgan fingerprint density at radius 1 is 1.21 bits per heavy atom. The van der Waals surface area contributed by atoms with Crippen molar-refractivity contribution in [1.29, 1.82) is 0 Å². The molecule has 152 valence electrons. The molecule has 0 saturated heterocycles. The zero-order valence-corrected chi connectivity index (χ0v) is 16.7. The predicted octanol–water partition coefficient (Wildman–Crippen LogP) is 3.43. The maximum Gasteiger partial charge on any atom is 0.265 e. The van der Waals surface area contributed by atoms with Crippen LogP contribution in [0.1, 0.15) is 37.6 Å². The number of fused-ring (bicyclic) bond motifs is 1. The molecule has 0 bridgehead atoms. The van der Waals surface area contributed by atoms with Crippen LogP contribution in [0.5, 0.6) is 11.5 Å². The van der Waals surface area contributed by atoms with E-state index in [1.165, 1.54) is 4.90 Å². The third kappa shape index (κ3) is 4.74. The van der Waals surface area contributed by atoms with E-state index in [0.29, 0.717) is 34.9 Å². The van der Waals surface area contributed by atoms with E-state index in [9.17, 15) is 14.4 Å².